The van der Waals surface area contributed by atoms with Crippen molar-refractivity contribution < 1.29 is 13.7 Å². The quantitative estimate of drug-likeness (QED) is 0.934. The molecule has 0 fully saturated rings. The summed E-state index contributed by atoms with van der Waals surface area (Å²) in [4.78, 5) is 16.3. The molecule has 2 rings (SSSR count). The van der Waals surface area contributed by atoms with E-state index in [0.717, 1.165) is 0 Å². The molecule has 1 unspecified atom stereocenters. The van der Waals surface area contributed by atoms with E-state index in [-0.39, 0.29) is 29.0 Å². The molecule has 0 bridgehead atoms. The predicted molar refractivity (Wildman–Crippen MR) is 76.8 cm³/mol. The lowest BCUT2D eigenvalue weighted by molar-refractivity contribution is 0.0904. The van der Waals surface area contributed by atoms with Crippen LogP contribution in [0.5, 0.6) is 0 Å². The Labute approximate surface area is 123 Å². The maximum absolute atomic E-state index is 11.9. The van der Waals surface area contributed by atoms with Gasteiger partial charge in [-0.2, -0.15) is 4.98 Å². The van der Waals surface area contributed by atoms with Crippen LogP contribution in [0.4, 0.5) is 0 Å². The summed E-state index contributed by atoms with van der Waals surface area (Å²) in [6, 6.07) is 2.88. The summed E-state index contributed by atoms with van der Waals surface area (Å²) in [5, 5.41) is 6.77. The number of amides is 1. The standard InChI is InChI=1S/C15H21N3O3/c1-9(15(3,4)5)12-17-14(21-18-12)10(2)16-13(19)11-7-6-8-20-11/h6-10H,1-5H3,(H,16,19)/t9?,10-/m0/s1. The lowest BCUT2D eigenvalue weighted by atomic mass is 9.82. The molecule has 0 saturated heterocycles. The van der Waals surface area contributed by atoms with Gasteiger partial charge in [-0.25, -0.2) is 0 Å². The number of nitrogens with one attached hydrogen (secondary N) is 1. The summed E-state index contributed by atoms with van der Waals surface area (Å²) < 4.78 is 10.3. The second kappa shape index (κ2) is 5.71. The summed E-state index contributed by atoms with van der Waals surface area (Å²) in [5.41, 5.74) is 0.0435. The molecule has 0 spiro atoms. The van der Waals surface area contributed by atoms with Gasteiger partial charge in [-0.15, -0.1) is 0 Å². The van der Waals surface area contributed by atoms with Crippen molar-refractivity contribution in [3.63, 3.8) is 0 Å². The van der Waals surface area contributed by atoms with E-state index >= 15 is 0 Å². The highest BCUT2D eigenvalue weighted by Gasteiger charge is 2.27. The zero-order chi connectivity index (χ0) is 15.6. The summed E-state index contributed by atoms with van der Waals surface area (Å²) >= 11 is 0. The Morgan fingerprint density at radius 2 is 2.05 bits per heavy atom. The zero-order valence-electron chi connectivity index (χ0n) is 13.0. The van der Waals surface area contributed by atoms with Crippen LogP contribution >= 0.6 is 0 Å². The second-order valence-electron chi connectivity index (χ2n) is 6.25. The van der Waals surface area contributed by atoms with E-state index in [1.54, 1.807) is 19.1 Å². The van der Waals surface area contributed by atoms with E-state index in [4.69, 9.17) is 8.94 Å². The minimum Gasteiger partial charge on any atom is -0.459 e. The number of hydrogen-bond donors (Lipinski definition) is 1. The molecule has 0 aliphatic heterocycles. The predicted octanol–water partition coefficient (Wildman–Crippen LogP) is 3.30. The highest BCUT2D eigenvalue weighted by atomic mass is 16.5. The number of carbonyl (C=O) groups is 1. The molecule has 114 valence electrons. The number of nitrogens with zero attached hydrogens (tertiary/aromatic N) is 2. The van der Waals surface area contributed by atoms with Crippen molar-refractivity contribution in [1.29, 1.82) is 0 Å². The summed E-state index contributed by atoms with van der Waals surface area (Å²) in [6.07, 6.45) is 1.45. The first-order chi connectivity index (χ1) is 9.79. The Morgan fingerprint density at radius 3 is 2.62 bits per heavy atom. The number of aromatic nitrogens is 2. The third-order valence-corrected chi connectivity index (χ3v) is 3.61. The van der Waals surface area contributed by atoms with E-state index in [1.807, 2.05) is 0 Å². The lowest BCUT2D eigenvalue weighted by Gasteiger charge is -2.23. The van der Waals surface area contributed by atoms with E-state index in [1.165, 1.54) is 6.26 Å². The Balaban J connectivity index is 2.05. The molecule has 0 aromatic carbocycles. The SMILES string of the molecule is CC(c1noc([C@H](C)NC(=O)c2ccco2)n1)C(C)(C)C. The number of hydrogen-bond acceptors (Lipinski definition) is 5. The van der Waals surface area contributed by atoms with Crippen LogP contribution in [0.1, 0.15) is 68.8 Å². The molecular formula is C15H21N3O3. The van der Waals surface area contributed by atoms with Crippen LogP contribution in [-0.4, -0.2) is 16.0 Å². The van der Waals surface area contributed by atoms with Gasteiger partial charge in [0.1, 0.15) is 6.04 Å². The number of rotatable bonds is 4. The highest BCUT2D eigenvalue weighted by molar-refractivity contribution is 5.91. The van der Waals surface area contributed by atoms with Crippen LogP contribution in [0.2, 0.25) is 0 Å². The van der Waals surface area contributed by atoms with E-state index in [9.17, 15) is 4.79 Å². The monoisotopic (exact) mass is 291 g/mol. The molecule has 0 aliphatic carbocycles. The maximum atomic E-state index is 11.9. The zero-order valence-corrected chi connectivity index (χ0v) is 13.0. The van der Waals surface area contributed by atoms with Crippen molar-refractivity contribution in [2.75, 3.05) is 0 Å². The Hall–Kier alpha value is -2.11. The summed E-state index contributed by atoms with van der Waals surface area (Å²) in [6.45, 7) is 10.2. The lowest BCUT2D eigenvalue weighted by Crippen LogP contribution is -2.26. The van der Waals surface area contributed by atoms with Crippen molar-refractivity contribution in [3.05, 3.63) is 35.9 Å². The molecule has 1 N–H and O–H groups in total. The molecule has 2 atom stereocenters. The van der Waals surface area contributed by atoms with Crippen LogP contribution in [0.25, 0.3) is 0 Å². The van der Waals surface area contributed by atoms with Gasteiger partial charge in [0.15, 0.2) is 11.6 Å². The molecule has 1 amide bonds. The normalized spacial score (nSPS) is 14.7. The summed E-state index contributed by atoms with van der Waals surface area (Å²) in [5.74, 6) is 1.14. The van der Waals surface area contributed by atoms with Gasteiger partial charge in [0, 0.05) is 5.92 Å². The fourth-order valence-corrected chi connectivity index (χ4v) is 1.72. The van der Waals surface area contributed by atoms with Crippen LogP contribution in [0, 0.1) is 5.41 Å². The smallest absolute Gasteiger partial charge is 0.287 e. The van der Waals surface area contributed by atoms with Crippen molar-refractivity contribution >= 4 is 5.91 Å². The van der Waals surface area contributed by atoms with E-state index < -0.39 is 0 Å². The Kier molecular flexibility index (Phi) is 4.16. The molecule has 6 nitrogen and oxygen atoms in total. The fraction of sp³-hybridized carbons (Fsp3) is 0.533. The Morgan fingerprint density at radius 1 is 1.33 bits per heavy atom. The maximum Gasteiger partial charge on any atom is 0.287 e. The largest absolute Gasteiger partial charge is 0.459 e. The van der Waals surface area contributed by atoms with E-state index in [2.05, 4.69) is 43.2 Å². The molecular weight excluding hydrogens is 270 g/mol. The first kappa shape index (κ1) is 15.3. The minimum atomic E-state index is -0.379. The van der Waals surface area contributed by atoms with Gasteiger partial charge in [0.05, 0.1) is 6.26 Å². The van der Waals surface area contributed by atoms with Gasteiger partial charge < -0.3 is 14.3 Å². The van der Waals surface area contributed by atoms with Crippen LogP contribution in [-0.2, 0) is 0 Å². The van der Waals surface area contributed by atoms with Gasteiger partial charge in [0.25, 0.3) is 5.91 Å². The molecule has 0 aliphatic rings. The van der Waals surface area contributed by atoms with Crippen molar-refractivity contribution in [3.8, 4) is 0 Å². The van der Waals surface area contributed by atoms with Gasteiger partial charge in [-0.1, -0.05) is 32.9 Å². The van der Waals surface area contributed by atoms with Gasteiger partial charge >= 0.3 is 0 Å². The summed E-state index contributed by atoms with van der Waals surface area (Å²) in [7, 11) is 0. The first-order valence-electron chi connectivity index (χ1n) is 6.97. The van der Waals surface area contributed by atoms with Crippen LogP contribution < -0.4 is 5.32 Å². The van der Waals surface area contributed by atoms with Crippen molar-refractivity contribution in [1.82, 2.24) is 15.5 Å². The third-order valence-electron chi connectivity index (χ3n) is 3.61. The fourth-order valence-electron chi connectivity index (χ4n) is 1.72. The van der Waals surface area contributed by atoms with E-state index in [0.29, 0.717) is 11.7 Å². The molecule has 21 heavy (non-hydrogen) atoms. The molecule has 2 heterocycles. The topological polar surface area (TPSA) is 81.2 Å². The minimum absolute atomic E-state index is 0.0435. The van der Waals surface area contributed by atoms with Gasteiger partial charge in [-0.3, -0.25) is 4.79 Å². The van der Waals surface area contributed by atoms with Crippen LogP contribution in [0.3, 0.4) is 0 Å². The third kappa shape index (κ3) is 3.51. The molecule has 6 heteroatoms. The second-order valence-corrected chi connectivity index (χ2v) is 6.25. The van der Waals surface area contributed by atoms with Gasteiger partial charge in [0.2, 0.25) is 5.89 Å². The average molecular weight is 291 g/mol. The number of furan rings is 1. The molecule has 0 radical (unpaired) electrons. The molecule has 0 saturated carbocycles. The highest BCUT2D eigenvalue weighted by Crippen LogP contribution is 2.33. The van der Waals surface area contributed by atoms with Crippen molar-refractivity contribution in [2.45, 2.75) is 46.6 Å². The van der Waals surface area contributed by atoms with Gasteiger partial charge in [-0.05, 0) is 24.5 Å². The number of carbonyl (C=O) groups excluding carboxylic acids is 1. The first-order valence-corrected chi connectivity index (χ1v) is 6.97. The van der Waals surface area contributed by atoms with Crippen LogP contribution in [0.15, 0.2) is 27.3 Å². The Bertz CT molecular complexity index is 596. The molecule has 2 aromatic rings. The van der Waals surface area contributed by atoms with Crippen molar-refractivity contribution in [2.24, 2.45) is 5.41 Å². The molecule has 2 aromatic heterocycles. The average Bonchev–Trinajstić information content (AvgIpc) is 3.08.